The molecule has 2 heterocycles. The maximum absolute atomic E-state index is 12.8. The number of rotatable bonds is 2. The largest absolute Gasteiger partial charge is 0.353 e. The van der Waals surface area contributed by atoms with Crippen LogP contribution in [-0.2, 0) is 0 Å². The Hall–Kier alpha value is -1.73. The fourth-order valence-corrected chi connectivity index (χ4v) is 3.20. The average Bonchev–Trinajstić information content (AvgIpc) is 2.52. The van der Waals surface area contributed by atoms with E-state index in [-0.39, 0.29) is 17.5 Å². The maximum Gasteiger partial charge on any atom is 0.212 e. The summed E-state index contributed by atoms with van der Waals surface area (Å²) in [5, 5.41) is 25.9. The molecule has 6 nitrogen and oxygen atoms in total. The molecule has 2 rings (SSSR count). The SMILES string of the molecule is CC1(C)CCC(NC(=N)Nc2ccc(F)nc2)CC(C)(C)N1O. The lowest BCUT2D eigenvalue weighted by atomic mass is 9.94. The summed E-state index contributed by atoms with van der Waals surface area (Å²) in [4.78, 5) is 3.55. The Morgan fingerprint density at radius 3 is 2.65 bits per heavy atom. The lowest BCUT2D eigenvalue weighted by molar-refractivity contribution is -0.221. The summed E-state index contributed by atoms with van der Waals surface area (Å²) in [5.41, 5.74) is -0.146. The number of nitrogens with one attached hydrogen (secondary N) is 3. The van der Waals surface area contributed by atoms with E-state index in [1.165, 1.54) is 23.4 Å². The van der Waals surface area contributed by atoms with Gasteiger partial charge in [0.05, 0.1) is 11.9 Å². The van der Waals surface area contributed by atoms with Gasteiger partial charge in [-0.25, -0.2) is 4.98 Å². The second-order valence-corrected chi connectivity index (χ2v) is 7.39. The van der Waals surface area contributed by atoms with Crippen LogP contribution >= 0.6 is 0 Å². The summed E-state index contributed by atoms with van der Waals surface area (Å²) in [7, 11) is 0. The first-order valence-corrected chi connectivity index (χ1v) is 7.83. The molecule has 0 bridgehead atoms. The normalized spacial score (nSPS) is 23.8. The molecule has 0 radical (unpaired) electrons. The van der Waals surface area contributed by atoms with Crippen LogP contribution in [0.15, 0.2) is 18.3 Å². The number of pyridine rings is 1. The van der Waals surface area contributed by atoms with Gasteiger partial charge in [-0.05, 0) is 59.1 Å². The number of nitrogens with zero attached hydrogens (tertiary/aromatic N) is 2. The molecule has 1 aliphatic rings. The quantitative estimate of drug-likeness (QED) is 0.382. The molecule has 1 saturated heterocycles. The standard InChI is InChI=1S/C16H26FN5O/c1-15(2)8-7-11(9-16(3,4)22(15)23)20-14(18)21-12-5-6-13(17)19-10-12/h5-6,10-11,23H,7-9H2,1-4H3,(H3,18,20,21). The summed E-state index contributed by atoms with van der Waals surface area (Å²) in [5.74, 6) is -0.408. The van der Waals surface area contributed by atoms with Crippen molar-refractivity contribution in [3.8, 4) is 0 Å². The molecule has 1 aromatic heterocycles. The van der Waals surface area contributed by atoms with E-state index in [0.717, 1.165) is 12.8 Å². The van der Waals surface area contributed by atoms with Crippen molar-refractivity contribution in [1.29, 1.82) is 5.41 Å². The molecule has 0 aliphatic carbocycles. The van der Waals surface area contributed by atoms with Crippen LogP contribution in [0.2, 0.25) is 0 Å². The molecule has 1 aliphatic heterocycles. The summed E-state index contributed by atoms with van der Waals surface area (Å²) < 4.78 is 12.8. The monoisotopic (exact) mass is 323 g/mol. The van der Waals surface area contributed by atoms with Crippen molar-refractivity contribution < 1.29 is 9.60 Å². The number of aromatic nitrogens is 1. The Kier molecular flexibility index (Phi) is 4.91. The minimum Gasteiger partial charge on any atom is -0.353 e. The number of hydrogen-bond donors (Lipinski definition) is 4. The van der Waals surface area contributed by atoms with Crippen LogP contribution in [-0.4, -0.2) is 38.3 Å². The number of hydrogen-bond acceptors (Lipinski definition) is 4. The topological polar surface area (TPSA) is 84.3 Å². The van der Waals surface area contributed by atoms with Crippen molar-refractivity contribution in [1.82, 2.24) is 15.4 Å². The van der Waals surface area contributed by atoms with Gasteiger partial charge in [-0.2, -0.15) is 9.45 Å². The van der Waals surface area contributed by atoms with Gasteiger partial charge in [0.1, 0.15) is 0 Å². The summed E-state index contributed by atoms with van der Waals surface area (Å²) >= 11 is 0. The molecule has 128 valence electrons. The predicted octanol–water partition coefficient (Wildman–Crippen LogP) is 2.96. The van der Waals surface area contributed by atoms with E-state index in [1.807, 2.05) is 27.7 Å². The Morgan fingerprint density at radius 1 is 1.35 bits per heavy atom. The molecule has 4 N–H and O–H groups in total. The van der Waals surface area contributed by atoms with E-state index in [9.17, 15) is 9.60 Å². The van der Waals surface area contributed by atoms with Crippen molar-refractivity contribution in [2.24, 2.45) is 0 Å². The Morgan fingerprint density at radius 2 is 2.04 bits per heavy atom. The molecule has 1 unspecified atom stereocenters. The van der Waals surface area contributed by atoms with Crippen LogP contribution in [0.25, 0.3) is 0 Å². The van der Waals surface area contributed by atoms with Gasteiger partial charge in [-0.1, -0.05) is 0 Å². The average molecular weight is 323 g/mol. The number of halogens is 1. The highest BCUT2D eigenvalue weighted by molar-refractivity contribution is 5.91. The lowest BCUT2D eigenvalue weighted by Crippen LogP contribution is -2.53. The third-order valence-corrected chi connectivity index (χ3v) is 4.34. The highest BCUT2D eigenvalue weighted by atomic mass is 19.1. The van der Waals surface area contributed by atoms with Crippen molar-refractivity contribution >= 4 is 11.6 Å². The maximum atomic E-state index is 12.8. The van der Waals surface area contributed by atoms with Gasteiger partial charge in [-0.15, -0.1) is 0 Å². The van der Waals surface area contributed by atoms with Crippen LogP contribution in [0, 0.1) is 11.4 Å². The van der Waals surface area contributed by atoms with Gasteiger partial charge in [-0.3, -0.25) is 5.41 Å². The summed E-state index contributed by atoms with van der Waals surface area (Å²) in [6.07, 6.45) is 3.72. The van der Waals surface area contributed by atoms with E-state index < -0.39 is 11.5 Å². The molecule has 0 aromatic carbocycles. The van der Waals surface area contributed by atoms with Crippen molar-refractivity contribution in [2.45, 2.75) is 64.1 Å². The van der Waals surface area contributed by atoms with Crippen LogP contribution in [0.5, 0.6) is 0 Å². The van der Waals surface area contributed by atoms with Crippen molar-refractivity contribution in [3.05, 3.63) is 24.3 Å². The molecule has 23 heavy (non-hydrogen) atoms. The van der Waals surface area contributed by atoms with Crippen LogP contribution in [0.1, 0.15) is 47.0 Å². The van der Waals surface area contributed by atoms with Gasteiger partial charge < -0.3 is 15.8 Å². The van der Waals surface area contributed by atoms with Gasteiger partial charge in [0.15, 0.2) is 5.96 Å². The van der Waals surface area contributed by atoms with E-state index in [4.69, 9.17) is 5.41 Å². The highest BCUT2D eigenvalue weighted by Gasteiger charge is 2.41. The third kappa shape index (κ3) is 4.39. The molecule has 0 amide bonds. The van der Waals surface area contributed by atoms with Crippen LogP contribution in [0.4, 0.5) is 10.1 Å². The molecule has 1 fully saturated rings. The number of hydroxylamine groups is 2. The van der Waals surface area contributed by atoms with Crippen molar-refractivity contribution in [3.63, 3.8) is 0 Å². The zero-order chi connectivity index (χ0) is 17.3. The zero-order valence-electron chi connectivity index (χ0n) is 14.2. The second kappa shape index (κ2) is 6.41. The lowest BCUT2D eigenvalue weighted by Gasteiger charge is -2.42. The predicted molar refractivity (Wildman–Crippen MR) is 88.1 cm³/mol. The fourth-order valence-electron chi connectivity index (χ4n) is 3.20. The minimum absolute atomic E-state index is 0.0647. The molecule has 7 heteroatoms. The van der Waals surface area contributed by atoms with Gasteiger partial charge in [0.2, 0.25) is 5.95 Å². The van der Waals surface area contributed by atoms with E-state index in [2.05, 4.69) is 15.6 Å². The Bertz CT molecular complexity index is 558. The molecular formula is C16H26FN5O. The highest BCUT2D eigenvalue weighted by Crippen LogP contribution is 2.35. The van der Waals surface area contributed by atoms with E-state index in [0.29, 0.717) is 12.1 Å². The summed E-state index contributed by atoms with van der Waals surface area (Å²) in [6.45, 7) is 8.03. The van der Waals surface area contributed by atoms with Crippen LogP contribution in [0.3, 0.4) is 0 Å². The minimum atomic E-state index is -0.550. The Labute approximate surface area is 136 Å². The van der Waals surface area contributed by atoms with Crippen LogP contribution < -0.4 is 10.6 Å². The van der Waals surface area contributed by atoms with E-state index in [1.54, 1.807) is 0 Å². The van der Waals surface area contributed by atoms with Gasteiger partial charge >= 0.3 is 0 Å². The molecular weight excluding hydrogens is 297 g/mol. The first-order chi connectivity index (χ1) is 10.6. The number of guanidine groups is 1. The second-order valence-electron chi connectivity index (χ2n) is 7.39. The molecule has 1 aromatic rings. The first kappa shape index (κ1) is 17.6. The smallest absolute Gasteiger partial charge is 0.212 e. The van der Waals surface area contributed by atoms with E-state index >= 15 is 0 Å². The number of anilines is 1. The molecule has 0 saturated carbocycles. The first-order valence-electron chi connectivity index (χ1n) is 7.83. The Balaban J connectivity index is 1.99. The van der Waals surface area contributed by atoms with Gasteiger partial charge in [0, 0.05) is 17.1 Å². The third-order valence-electron chi connectivity index (χ3n) is 4.34. The van der Waals surface area contributed by atoms with Gasteiger partial charge in [0.25, 0.3) is 0 Å². The molecule has 0 spiro atoms. The summed E-state index contributed by atoms with van der Waals surface area (Å²) in [6, 6.07) is 2.85. The zero-order valence-corrected chi connectivity index (χ0v) is 14.2. The van der Waals surface area contributed by atoms with Crippen molar-refractivity contribution in [2.75, 3.05) is 5.32 Å². The fraction of sp³-hybridized carbons (Fsp3) is 0.625. The molecule has 1 atom stereocenters.